The minimum Gasteiger partial charge on any atom is -0.394 e. The minimum atomic E-state index is 0.178. The quantitative estimate of drug-likeness (QED) is 0.866. The van der Waals surface area contributed by atoms with E-state index in [2.05, 4.69) is 45.2 Å². The Kier molecular flexibility index (Phi) is 3.84. The Bertz CT molecular complexity index is 341. The molecule has 0 spiro atoms. The first-order valence-corrected chi connectivity index (χ1v) is 6.36. The number of hydrogen-bond acceptors (Lipinski definition) is 3. The summed E-state index contributed by atoms with van der Waals surface area (Å²) in [5.74, 6) is 0. The number of aliphatic hydroxyl groups excluding tert-OH is 1. The summed E-state index contributed by atoms with van der Waals surface area (Å²) in [5.41, 5.74) is 1.18. The van der Waals surface area contributed by atoms with Gasteiger partial charge in [0.25, 0.3) is 0 Å². The number of benzene rings is 1. The van der Waals surface area contributed by atoms with Crippen molar-refractivity contribution in [2.75, 3.05) is 24.6 Å². The lowest BCUT2D eigenvalue weighted by Crippen LogP contribution is -2.57. The molecule has 1 aliphatic rings. The zero-order valence-corrected chi connectivity index (χ0v) is 10.9. The first-order chi connectivity index (χ1) is 7.70. The van der Waals surface area contributed by atoms with Gasteiger partial charge in [0.2, 0.25) is 0 Å². The largest absolute Gasteiger partial charge is 0.394 e. The van der Waals surface area contributed by atoms with Crippen LogP contribution >= 0.6 is 15.9 Å². The van der Waals surface area contributed by atoms with Gasteiger partial charge in [0.15, 0.2) is 0 Å². The number of aliphatic hydroxyl groups is 1. The Labute approximate surface area is 105 Å². The standard InChI is InChI=1S/C12H17BrN2O/c1-9-7-15(12(8-16)6-14-9)11-4-2-10(13)3-5-11/h2-5,9,12,14,16H,6-8H2,1H3. The average Bonchev–Trinajstić information content (AvgIpc) is 2.30. The Morgan fingerprint density at radius 1 is 1.44 bits per heavy atom. The van der Waals surface area contributed by atoms with Gasteiger partial charge in [-0.2, -0.15) is 0 Å². The molecule has 2 N–H and O–H groups in total. The molecule has 4 heteroatoms. The van der Waals surface area contributed by atoms with Crippen LogP contribution in [0.2, 0.25) is 0 Å². The number of nitrogens with one attached hydrogen (secondary N) is 1. The number of nitrogens with zero attached hydrogens (tertiary/aromatic N) is 1. The summed E-state index contributed by atoms with van der Waals surface area (Å²) in [4.78, 5) is 2.27. The van der Waals surface area contributed by atoms with Crippen molar-refractivity contribution in [1.29, 1.82) is 0 Å². The van der Waals surface area contributed by atoms with Crippen molar-refractivity contribution in [3.05, 3.63) is 28.7 Å². The highest BCUT2D eigenvalue weighted by atomic mass is 79.9. The summed E-state index contributed by atoms with van der Waals surface area (Å²) in [6, 6.07) is 8.89. The van der Waals surface area contributed by atoms with Gasteiger partial charge >= 0.3 is 0 Å². The van der Waals surface area contributed by atoms with Crippen molar-refractivity contribution >= 4 is 21.6 Å². The third-order valence-corrected chi connectivity index (χ3v) is 3.51. The van der Waals surface area contributed by atoms with Crippen LogP contribution in [0.5, 0.6) is 0 Å². The van der Waals surface area contributed by atoms with E-state index in [9.17, 15) is 5.11 Å². The number of hydrogen-bond donors (Lipinski definition) is 2. The molecule has 0 radical (unpaired) electrons. The van der Waals surface area contributed by atoms with E-state index in [1.54, 1.807) is 0 Å². The van der Waals surface area contributed by atoms with Crippen LogP contribution in [0, 0.1) is 0 Å². The van der Waals surface area contributed by atoms with Crippen molar-refractivity contribution < 1.29 is 5.11 Å². The van der Waals surface area contributed by atoms with E-state index in [1.807, 2.05) is 12.1 Å². The third-order valence-electron chi connectivity index (χ3n) is 2.98. The maximum Gasteiger partial charge on any atom is 0.0647 e. The number of halogens is 1. The molecule has 1 aliphatic heterocycles. The van der Waals surface area contributed by atoms with E-state index in [1.165, 1.54) is 5.69 Å². The monoisotopic (exact) mass is 284 g/mol. The molecule has 1 fully saturated rings. The van der Waals surface area contributed by atoms with Gasteiger partial charge in [-0.3, -0.25) is 0 Å². The lowest BCUT2D eigenvalue weighted by Gasteiger charge is -2.40. The van der Waals surface area contributed by atoms with Crippen LogP contribution in [0.15, 0.2) is 28.7 Å². The predicted octanol–water partition coefficient (Wildman–Crippen LogP) is 1.61. The first kappa shape index (κ1) is 11.9. The van der Waals surface area contributed by atoms with E-state index in [4.69, 9.17) is 0 Å². The predicted molar refractivity (Wildman–Crippen MR) is 69.8 cm³/mol. The van der Waals surface area contributed by atoms with Crippen molar-refractivity contribution in [3.8, 4) is 0 Å². The first-order valence-electron chi connectivity index (χ1n) is 5.57. The highest BCUT2D eigenvalue weighted by Crippen LogP contribution is 2.22. The van der Waals surface area contributed by atoms with Gasteiger partial charge in [-0.15, -0.1) is 0 Å². The highest BCUT2D eigenvalue weighted by Gasteiger charge is 2.25. The number of anilines is 1. The number of piperazine rings is 1. The van der Waals surface area contributed by atoms with Gasteiger partial charge in [-0.1, -0.05) is 15.9 Å². The third kappa shape index (κ3) is 2.56. The van der Waals surface area contributed by atoms with E-state index in [0.29, 0.717) is 6.04 Å². The molecule has 16 heavy (non-hydrogen) atoms. The van der Waals surface area contributed by atoms with Crippen LogP contribution in [0.1, 0.15) is 6.92 Å². The molecule has 1 aromatic rings. The maximum atomic E-state index is 9.37. The molecule has 0 aliphatic carbocycles. The van der Waals surface area contributed by atoms with Crippen molar-refractivity contribution in [1.82, 2.24) is 5.32 Å². The van der Waals surface area contributed by atoms with Gasteiger partial charge in [0.1, 0.15) is 0 Å². The summed E-state index contributed by atoms with van der Waals surface area (Å²) >= 11 is 3.43. The van der Waals surface area contributed by atoms with Gasteiger partial charge in [0, 0.05) is 29.3 Å². The second-order valence-electron chi connectivity index (χ2n) is 4.27. The fourth-order valence-corrected chi connectivity index (χ4v) is 2.33. The maximum absolute atomic E-state index is 9.37. The van der Waals surface area contributed by atoms with Crippen molar-refractivity contribution in [2.45, 2.75) is 19.0 Å². The van der Waals surface area contributed by atoms with Gasteiger partial charge in [0.05, 0.1) is 12.6 Å². The Morgan fingerprint density at radius 3 is 2.75 bits per heavy atom. The van der Waals surface area contributed by atoms with Gasteiger partial charge in [-0.05, 0) is 31.2 Å². The highest BCUT2D eigenvalue weighted by molar-refractivity contribution is 9.10. The Morgan fingerprint density at radius 2 is 2.12 bits per heavy atom. The summed E-state index contributed by atoms with van der Waals surface area (Å²) in [6.07, 6.45) is 0. The zero-order valence-electron chi connectivity index (χ0n) is 9.36. The fourth-order valence-electron chi connectivity index (χ4n) is 2.07. The molecule has 0 saturated carbocycles. The molecule has 1 aromatic carbocycles. The molecule has 0 bridgehead atoms. The molecular weight excluding hydrogens is 268 g/mol. The van der Waals surface area contributed by atoms with E-state index in [-0.39, 0.29) is 12.6 Å². The van der Waals surface area contributed by atoms with Gasteiger partial charge in [-0.25, -0.2) is 0 Å². The Balaban J connectivity index is 2.18. The topological polar surface area (TPSA) is 35.5 Å². The van der Waals surface area contributed by atoms with Crippen LogP contribution in [-0.2, 0) is 0 Å². The molecule has 0 aromatic heterocycles. The molecule has 2 atom stereocenters. The minimum absolute atomic E-state index is 0.178. The molecule has 0 amide bonds. The fraction of sp³-hybridized carbons (Fsp3) is 0.500. The second kappa shape index (κ2) is 5.17. The molecule has 88 valence electrons. The smallest absolute Gasteiger partial charge is 0.0647 e. The summed E-state index contributed by atoms with van der Waals surface area (Å²) < 4.78 is 1.08. The average molecular weight is 285 g/mol. The normalized spacial score (nSPS) is 25.8. The summed E-state index contributed by atoms with van der Waals surface area (Å²) in [7, 11) is 0. The van der Waals surface area contributed by atoms with Crippen LogP contribution in [0.4, 0.5) is 5.69 Å². The molecule has 1 heterocycles. The Hall–Kier alpha value is -0.580. The summed E-state index contributed by atoms with van der Waals surface area (Å²) in [5, 5.41) is 12.8. The molecular formula is C12H17BrN2O. The lowest BCUT2D eigenvalue weighted by molar-refractivity contribution is 0.237. The van der Waals surface area contributed by atoms with Crippen molar-refractivity contribution in [2.24, 2.45) is 0 Å². The molecule has 2 unspecified atom stereocenters. The summed E-state index contributed by atoms with van der Waals surface area (Å²) in [6.45, 7) is 4.13. The zero-order chi connectivity index (χ0) is 11.5. The van der Waals surface area contributed by atoms with Crippen LogP contribution in [0.3, 0.4) is 0 Å². The van der Waals surface area contributed by atoms with Gasteiger partial charge < -0.3 is 15.3 Å². The van der Waals surface area contributed by atoms with Crippen LogP contribution in [0.25, 0.3) is 0 Å². The SMILES string of the molecule is CC1CN(c2ccc(Br)cc2)C(CO)CN1. The molecule has 2 rings (SSSR count). The van der Waals surface area contributed by atoms with E-state index in [0.717, 1.165) is 17.6 Å². The van der Waals surface area contributed by atoms with Crippen molar-refractivity contribution in [3.63, 3.8) is 0 Å². The van der Waals surface area contributed by atoms with E-state index >= 15 is 0 Å². The molecule has 1 saturated heterocycles. The van der Waals surface area contributed by atoms with E-state index < -0.39 is 0 Å². The van der Waals surface area contributed by atoms with Crippen LogP contribution < -0.4 is 10.2 Å². The molecule has 3 nitrogen and oxygen atoms in total. The second-order valence-corrected chi connectivity index (χ2v) is 5.19. The van der Waals surface area contributed by atoms with Crippen LogP contribution in [-0.4, -0.2) is 36.9 Å². The lowest BCUT2D eigenvalue weighted by atomic mass is 10.1. The number of rotatable bonds is 2.